The predicted molar refractivity (Wildman–Crippen MR) is 121 cm³/mol. The van der Waals surface area contributed by atoms with E-state index in [4.69, 9.17) is 0 Å². The van der Waals surface area contributed by atoms with Crippen LogP contribution in [0.4, 0.5) is 5.13 Å². The van der Waals surface area contributed by atoms with Crippen molar-refractivity contribution in [2.75, 3.05) is 24.2 Å². The van der Waals surface area contributed by atoms with Crippen molar-refractivity contribution in [3.05, 3.63) is 29.8 Å². The second kappa shape index (κ2) is 9.98. The van der Waals surface area contributed by atoms with E-state index in [2.05, 4.69) is 41.5 Å². The zero-order valence-corrected chi connectivity index (χ0v) is 19.4. The number of hydrogen-bond acceptors (Lipinski definition) is 6. The van der Waals surface area contributed by atoms with Crippen LogP contribution in [0.3, 0.4) is 0 Å². The van der Waals surface area contributed by atoms with E-state index in [9.17, 15) is 13.2 Å². The minimum Gasteiger partial charge on any atom is -0.300 e. The molecule has 1 amide bonds. The number of carbonyl (C=O) groups excluding carboxylic acids is 1. The molecular formula is C21H30N4O3S2. The highest BCUT2D eigenvalue weighted by Gasteiger charge is 2.31. The summed E-state index contributed by atoms with van der Waals surface area (Å²) < 4.78 is 26.2. The molecular weight excluding hydrogens is 420 g/mol. The molecule has 1 saturated heterocycles. The van der Waals surface area contributed by atoms with Gasteiger partial charge in [0.1, 0.15) is 5.01 Å². The van der Waals surface area contributed by atoms with Gasteiger partial charge in [-0.3, -0.25) is 4.79 Å². The molecule has 0 radical (unpaired) electrons. The maximum atomic E-state index is 12.6. The molecule has 164 valence electrons. The fourth-order valence-corrected chi connectivity index (χ4v) is 5.89. The van der Waals surface area contributed by atoms with Crippen LogP contribution in [0.5, 0.6) is 0 Å². The van der Waals surface area contributed by atoms with Crippen LogP contribution >= 0.6 is 11.3 Å². The second-order valence-corrected chi connectivity index (χ2v) is 11.1. The number of hydrogen-bond donors (Lipinski definition) is 1. The molecule has 1 aromatic heterocycles. The fourth-order valence-electron chi connectivity index (χ4n) is 3.46. The molecule has 2 aromatic rings. The van der Waals surface area contributed by atoms with Crippen molar-refractivity contribution in [2.45, 2.75) is 52.4 Å². The number of rotatable bonds is 8. The summed E-state index contributed by atoms with van der Waals surface area (Å²) in [6.45, 7) is 7.07. The summed E-state index contributed by atoms with van der Waals surface area (Å²) in [4.78, 5) is 12.6. The first-order valence-electron chi connectivity index (χ1n) is 10.5. The van der Waals surface area contributed by atoms with Gasteiger partial charge in [0.15, 0.2) is 0 Å². The lowest BCUT2D eigenvalue weighted by Crippen LogP contribution is -2.42. The number of anilines is 1. The first kappa shape index (κ1) is 22.8. The van der Waals surface area contributed by atoms with E-state index >= 15 is 0 Å². The van der Waals surface area contributed by atoms with Gasteiger partial charge in [0, 0.05) is 24.6 Å². The summed E-state index contributed by atoms with van der Waals surface area (Å²) in [6.07, 6.45) is 2.57. The third-order valence-electron chi connectivity index (χ3n) is 5.45. The van der Waals surface area contributed by atoms with Gasteiger partial charge in [-0.2, -0.15) is 0 Å². The monoisotopic (exact) mass is 450 g/mol. The third-order valence-corrected chi connectivity index (χ3v) is 8.30. The van der Waals surface area contributed by atoms with E-state index < -0.39 is 10.0 Å². The van der Waals surface area contributed by atoms with Crippen LogP contribution < -0.4 is 5.32 Å². The summed E-state index contributed by atoms with van der Waals surface area (Å²) in [5, 5.41) is 12.4. The van der Waals surface area contributed by atoms with Crippen molar-refractivity contribution in [2.24, 2.45) is 5.92 Å². The average molecular weight is 451 g/mol. The Labute approximate surface area is 183 Å². The van der Waals surface area contributed by atoms with Gasteiger partial charge in [0.05, 0.1) is 5.75 Å². The number of sulfonamides is 1. The Morgan fingerprint density at radius 3 is 2.47 bits per heavy atom. The van der Waals surface area contributed by atoms with Gasteiger partial charge in [0.25, 0.3) is 0 Å². The minimum absolute atomic E-state index is 0.113. The quantitative estimate of drug-likeness (QED) is 0.653. The van der Waals surface area contributed by atoms with Gasteiger partial charge in [-0.25, -0.2) is 12.7 Å². The summed E-state index contributed by atoms with van der Waals surface area (Å²) in [5.74, 6) is 0.335. The van der Waals surface area contributed by atoms with Gasteiger partial charge < -0.3 is 5.32 Å². The van der Waals surface area contributed by atoms with Crippen LogP contribution in [0, 0.1) is 5.92 Å². The standard InChI is InChI=1S/C21H30N4O3S2/c1-4-5-14-30(27,28)25-12-10-17(11-13-25)19(26)22-21-24-23-20(29-21)18-8-6-16(7-9-18)15(2)3/h6-9,15,17H,4-5,10-14H2,1-3H3,(H,22,24,26). The maximum Gasteiger partial charge on any atom is 0.229 e. The number of nitrogens with zero attached hydrogens (tertiary/aromatic N) is 3. The minimum atomic E-state index is -3.21. The summed E-state index contributed by atoms with van der Waals surface area (Å²) in [6, 6.07) is 8.22. The van der Waals surface area contributed by atoms with E-state index in [-0.39, 0.29) is 17.6 Å². The molecule has 0 saturated carbocycles. The topological polar surface area (TPSA) is 92.3 Å². The molecule has 0 atom stereocenters. The SMILES string of the molecule is CCCCS(=O)(=O)N1CCC(C(=O)Nc2nnc(-c3ccc(C(C)C)cc3)s2)CC1. The zero-order valence-electron chi connectivity index (χ0n) is 17.8. The first-order valence-corrected chi connectivity index (χ1v) is 12.9. The van der Waals surface area contributed by atoms with E-state index in [1.807, 2.05) is 19.1 Å². The highest BCUT2D eigenvalue weighted by Crippen LogP contribution is 2.29. The normalized spacial score (nSPS) is 16.1. The lowest BCUT2D eigenvalue weighted by Gasteiger charge is -2.30. The molecule has 0 bridgehead atoms. The Morgan fingerprint density at radius 1 is 1.20 bits per heavy atom. The summed E-state index contributed by atoms with van der Waals surface area (Å²) in [7, 11) is -3.21. The number of amides is 1. The Kier molecular flexibility index (Phi) is 7.60. The van der Waals surface area contributed by atoms with Crippen molar-refractivity contribution in [3.8, 4) is 10.6 Å². The number of carbonyl (C=O) groups is 1. The summed E-state index contributed by atoms with van der Waals surface area (Å²) in [5.41, 5.74) is 2.24. The van der Waals surface area contributed by atoms with E-state index in [1.54, 1.807) is 0 Å². The molecule has 1 aromatic carbocycles. The van der Waals surface area contributed by atoms with Crippen LogP contribution in [-0.2, 0) is 14.8 Å². The van der Waals surface area contributed by atoms with E-state index in [0.717, 1.165) is 17.0 Å². The Bertz CT molecular complexity index is 947. The number of benzene rings is 1. The van der Waals surface area contributed by atoms with Crippen LogP contribution in [0.2, 0.25) is 0 Å². The Balaban J connectivity index is 1.55. The maximum absolute atomic E-state index is 12.6. The van der Waals surface area contributed by atoms with Crippen LogP contribution in [0.25, 0.3) is 10.6 Å². The molecule has 0 aliphatic carbocycles. The van der Waals surface area contributed by atoms with Gasteiger partial charge in [-0.05, 0) is 30.7 Å². The number of piperidine rings is 1. The Morgan fingerprint density at radius 2 is 1.87 bits per heavy atom. The van der Waals surface area contributed by atoms with Crippen LogP contribution in [0.1, 0.15) is 57.9 Å². The first-order chi connectivity index (χ1) is 14.3. The lowest BCUT2D eigenvalue weighted by molar-refractivity contribution is -0.120. The van der Waals surface area contributed by atoms with Crippen molar-refractivity contribution in [1.82, 2.24) is 14.5 Å². The molecule has 1 fully saturated rings. The highest BCUT2D eigenvalue weighted by atomic mass is 32.2. The molecule has 1 N–H and O–H groups in total. The third kappa shape index (κ3) is 5.65. The largest absolute Gasteiger partial charge is 0.300 e. The number of unbranched alkanes of at least 4 members (excludes halogenated alkanes) is 1. The van der Waals surface area contributed by atoms with Gasteiger partial charge in [-0.1, -0.05) is 62.8 Å². The smallest absolute Gasteiger partial charge is 0.229 e. The molecule has 2 heterocycles. The Hall–Kier alpha value is -1.84. The molecule has 9 heteroatoms. The molecule has 1 aliphatic rings. The molecule has 30 heavy (non-hydrogen) atoms. The van der Waals surface area contributed by atoms with Gasteiger partial charge in [0.2, 0.25) is 21.1 Å². The summed E-state index contributed by atoms with van der Waals surface area (Å²) >= 11 is 1.35. The molecule has 3 rings (SSSR count). The highest BCUT2D eigenvalue weighted by molar-refractivity contribution is 7.89. The van der Waals surface area contributed by atoms with Crippen molar-refractivity contribution in [1.29, 1.82) is 0 Å². The molecule has 0 spiro atoms. The van der Waals surface area contributed by atoms with Gasteiger partial charge >= 0.3 is 0 Å². The number of aromatic nitrogens is 2. The number of nitrogens with one attached hydrogen (secondary N) is 1. The van der Waals surface area contributed by atoms with E-state index in [1.165, 1.54) is 21.2 Å². The van der Waals surface area contributed by atoms with Crippen molar-refractivity contribution >= 4 is 32.4 Å². The molecule has 7 nitrogen and oxygen atoms in total. The van der Waals surface area contributed by atoms with Crippen molar-refractivity contribution < 1.29 is 13.2 Å². The predicted octanol–water partition coefficient (Wildman–Crippen LogP) is 4.11. The average Bonchev–Trinajstić information content (AvgIpc) is 3.21. The van der Waals surface area contributed by atoms with Crippen LogP contribution in [-0.4, -0.2) is 47.7 Å². The second-order valence-electron chi connectivity index (χ2n) is 8.02. The fraction of sp³-hybridized carbons (Fsp3) is 0.571. The van der Waals surface area contributed by atoms with E-state index in [0.29, 0.717) is 43.4 Å². The molecule has 1 aliphatic heterocycles. The molecule has 0 unspecified atom stereocenters. The zero-order chi connectivity index (χ0) is 21.7. The van der Waals surface area contributed by atoms with Gasteiger partial charge in [-0.15, -0.1) is 10.2 Å². The van der Waals surface area contributed by atoms with Crippen molar-refractivity contribution in [3.63, 3.8) is 0 Å². The van der Waals surface area contributed by atoms with Crippen LogP contribution in [0.15, 0.2) is 24.3 Å². The lowest BCUT2D eigenvalue weighted by atomic mass is 9.97.